The quantitative estimate of drug-likeness (QED) is 0.690. The summed E-state index contributed by atoms with van der Waals surface area (Å²) in [5.74, 6) is 0.647. The van der Waals surface area contributed by atoms with Gasteiger partial charge in [0.25, 0.3) is 0 Å². The summed E-state index contributed by atoms with van der Waals surface area (Å²) in [6.45, 7) is 5.11. The molecular weight excluding hydrogens is 212 g/mol. The molecule has 1 amide bonds. The summed E-state index contributed by atoms with van der Waals surface area (Å²) in [5, 5.41) is 0. The van der Waals surface area contributed by atoms with E-state index in [1.165, 1.54) is 0 Å². The molecule has 0 bridgehead atoms. The van der Waals surface area contributed by atoms with E-state index in [0.29, 0.717) is 18.3 Å². The molecule has 0 aromatic heterocycles. The number of likely N-dealkylation sites (N-methyl/N-ethyl adjacent to an activating group) is 1. The van der Waals surface area contributed by atoms with Crippen molar-refractivity contribution in [1.82, 2.24) is 9.80 Å². The minimum atomic E-state index is 0.215. The molecule has 1 aliphatic rings. The second-order valence-corrected chi connectivity index (χ2v) is 4.58. The Morgan fingerprint density at radius 2 is 2.20 bits per heavy atom. The molecule has 1 fully saturated rings. The molecular formula is C11H21ClN2O. The largest absolute Gasteiger partial charge is 0.338 e. The minimum Gasteiger partial charge on any atom is -0.338 e. The Labute approximate surface area is 97.4 Å². The van der Waals surface area contributed by atoms with Gasteiger partial charge in [-0.25, -0.2) is 0 Å². The topological polar surface area (TPSA) is 23.6 Å². The summed E-state index contributed by atoms with van der Waals surface area (Å²) in [6, 6.07) is 0.369. The van der Waals surface area contributed by atoms with E-state index in [2.05, 4.69) is 18.9 Å². The summed E-state index contributed by atoms with van der Waals surface area (Å²) in [4.78, 5) is 16.2. The number of carbonyl (C=O) groups is 1. The molecule has 0 aliphatic carbocycles. The number of alkyl halides is 1. The van der Waals surface area contributed by atoms with Gasteiger partial charge in [0, 0.05) is 31.4 Å². The van der Waals surface area contributed by atoms with Gasteiger partial charge in [-0.15, -0.1) is 11.6 Å². The van der Waals surface area contributed by atoms with Gasteiger partial charge in [0.2, 0.25) is 5.91 Å². The van der Waals surface area contributed by atoms with E-state index in [0.717, 1.165) is 32.5 Å². The Bertz CT molecular complexity index is 211. The molecule has 0 N–H and O–H groups in total. The van der Waals surface area contributed by atoms with Gasteiger partial charge in [-0.2, -0.15) is 0 Å². The molecule has 88 valence electrons. The average Bonchev–Trinajstić information content (AvgIpc) is 2.39. The molecule has 0 radical (unpaired) electrons. The molecule has 0 aromatic rings. The first kappa shape index (κ1) is 12.8. The third-order valence-electron chi connectivity index (χ3n) is 3.00. The number of carbonyl (C=O) groups excluding carboxylic acids is 1. The Kier molecular flexibility index (Phi) is 5.40. The third kappa shape index (κ3) is 3.65. The molecule has 15 heavy (non-hydrogen) atoms. The van der Waals surface area contributed by atoms with Crippen molar-refractivity contribution in [2.24, 2.45) is 0 Å². The molecule has 1 unspecified atom stereocenters. The Hall–Kier alpha value is -0.280. The van der Waals surface area contributed by atoms with Gasteiger partial charge in [0.05, 0.1) is 0 Å². The second-order valence-electron chi connectivity index (χ2n) is 4.20. The highest BCUT2D eigenvalue weighted by Gasteiger charge is 2.25. The number of hydrogen-bond acceptors (Lipinski definition) is 2. The van der Waals surface area contributed by atoms with Gasteiger partial charge in [-0.05, 0) is 26.4 Å². The summed E-state index contributed by atoms with van der Waals surface area (Å²) >= 11 is 5.62. The predicted molar refractivity (Wildman–Crippen MR) is 63.2 cm³/mol. The van der Waals surface area contributed by atoms with Crippen LogP contribution in [0.25, 0.3) is 0 Å². The third-order valence-corrected chi connectivity index (χ3v) is 3.19. The highest BCUT2D eigenvalue weighted by atomic mass is 35.5. The first-order chi connectivity index (χ1) is 7.19. The van der Waals surface area contributed by atoms with E-state index < -0.39 is 0 Å². The van der Waals surface area contributed by atoms with Crippen molar-refractivity contribution in [2.45, 2.75) is 32.2 Å². The van der Waals surface area contributed by atoms with Gasteiger partial charge in [-0.1, -0.05) is 6.92 Å². The number of nitrogens with zero attached hydrogens (tertiary/aromatic N) is 2. The first-order valence-electron chi connectivity index (χ1n) is 5.73. The van der Waals surface area contributed by atoms with Gasteiger partial charge in [0.15, 0.2) is 0 Å². The molecule has 0 spiro atoms. The van der Waals surface area contributed by atoms with E-state index in [1.807, 2.05) is 4.90 Å². The molecule has 1 atom stereocenters. The van der Waals surface area contributed by atoms with E-state index in [9.17, 15) is 4.79 Å². The van der Waals surface area contributed by atoms with Gasteiger partial charge < -0.3 is 9.80 Å². The molecule has 1 aliphatic heterocycles. The van der Waals surface area contributed by atoms with E-state index in [-0.39, 0.29) is 5.91 Å². The van der Waals surface area contributed by atoms with Crippen molar-refractivity contribution < 1.29 is 4.79 Å². The van der Waals surface area contributed by atoms with Crippen molar-refractivity contribution in [3.8, 4) is 0 Å². The fraction of sp³-hybridized carbons (Fsp3) is 0.909. The summed E-state index contributed by atoms with van der Waals surface area (Å²) < 4.78 is 0. The highest BCUT2D eigenvalue weighted by Crippen LogP contribution is 2.13. The van der Waals surface area contributed by atoms with Crippen molar-refractivity contribution in [1.29, 1.82) is 0 Å². The van der Waals surface area contributed by atoms with Crippen LogP contribution in [0.2, 0.25) is 0 Å². The van der Waals surface area contributed by atoms with Crippen LogP contribution in [0.3, 0.4) is 0 Å². The Balaban J connectivity index is 2.62. The number of hydrogen-bond donors (Lipinski definition) is 0. The van der Waals surface area contributed by atoms with Crippen molar-refractivity contribution in [3.05, 3.63) is 0 Å². The SMILES string of the molecule is CCC1CN(C)CCCN1C(=O)CCCl. The lowest BCUT2D eigenvalue weighted by molar-refractivity contribution is -0.133. The monoisotopic (exact) mass is 232 g/mol. The van der Waals surface area contributed by atoms with E-state index in [1.54, 1.807) is 0 Å². The lowest BCUT2D eigenvalue weighted by atomic mass is 10.1. The molecule has 4 heteroatoms. The van der Waals surface area contributed by atoms with Crippen LogP contribution in [0.1, 0.15) is 26.2 Å². The zero-order chi connectivity index (χ0) is 11.3. The maximum Gasteiger partial charge on any atom is 0.224 e. The van der Waals surface area contributed by atoms with Crippen LogP contribution < -0.4 is 0 Å². The molecule has 1 heterocycles. The molecule has 1 rings (SSSR count). The first-order valence-corrected chi connectivity index (χ1v) is 6.26. The number of rotatable bonds is 3. The van der Waals surface area contributed by atoms with Crippen LogP contribution >= 0.6 is 11.6 Å². The lowest BCUT2D eigenvalue weighted by Crippen LogP contribution is -2.43. The number of halogens is 1. The normalized spacial score (nSPS) is 23.9. The fourth-order valence-electron chi connectivity index (χ4n) is 2.15. The van der Waals surface area contributed by atoms with Crippen molar-refractivity contribution >= 4 is 17.5 Å². The maximum atomic E-state index is 11.8. The van der Waals surface area contributed by atoms with Gasteiger partial charge in [-0.3, -0.25) is 4.79 Å². The molecule has 0 saturated carbocycles. The predicted octanol–water partition coefficient (Wildman–Crippen LogP) is 1.56. The summed E-state index contributed by atoms with van der Waals surface area (Å²) in [6.07, 6.45) is 2.57. The van der Waals surface area contributed by atoms with Crippen molar-refractivity contribution in [3.63, 3.8) is 0 Å². The highest BCUT2D eigenvalue weighted by molar-refractivity contribution is 6.18. The van der Waals surface area contributed by atoms with Crippen LogP contribution in [0.5, 0.6) is 0 Å². The number of amides is 1. The second kappa shape index (κ2) is 6.33. The van der Waals surface area contributed by atoms with E-state index in [4.69, 9.17) is 11.6 Å². The molecule has 1 saturated heterocycles. The van der Waals surface area contributed by atoms with Crippen LogP contribution in [0.4, 0.5) is 0 Å². The summed E-state index contributed by atoms with van der Waals surface area (Å²) in [7, 11) is 2.12. The van der Waals surface area contributed by atoms with Crippen molar-refractivity contribution in [2.75, 3.05) is 32.6 Å². The van der Waals surface area contributed by atoms with E-state index >= 15 is 0 Å². The van der Waals surface area contributed by atoms with Crippen LogP contribution in [0.15, 0.2) is 0 Å². The molecule has 0 aromatic carbocycles. The Morgan fingerprint density at radius 3 is 2.80 bits per heavy atom. The standard InChI is InChI=1S/C11H21ClN2O/c1-3-10-9-13(2)7-4-8-14(10)11(15)5-6-12/h10H,3-9H2,1-2H3. The average molecular weight is 233 g/mol. The Morgan fingerprint density at radius 1 is 1.47 bits per heavy atom. The summed E-state index contributed by atoms with van der Waals surface area (Å²) in [5.41, 5.74) is 0. The van der Waals surface area contributed by atoms with Gasteiger partial charge >= 0.3 is 0 Å². The van der Waals surface area contributed by atoms with Crippen LogP contribution in [-0.2, 0) is 4.79 Å². The fourth-order valence-corrected chi connectivity index (χ4v) is 2.31. The van der Waals surface area contributed by atoms with Gasteiger partial charge in [0.1, 0.15) is 0 Å². The smallest absolute Gasteiger partial charge is 0.224 e. The zero-order valence-electron chi connectivity index (χ0n) is 9.71. The van der Waals surface area contributed by atoms with Crippen LogP contribution in [-0.4, -0.2) is 54.3 Å². The minimum absolute atomic E-state index is 0.215. The lowest BCUT2D eigenvalue weighted by Gasteiger charge is -2.30. The zero-order valence-corrected chi connectivity index (χ0v) is 10.5. The maximum absolute atomic E-state index is 11.8. The molecule has 3 nitrogen and oxygen atoms in total. The van der Waals surface area contributed by atoms with Crippen LogP contribution in [0, 0.1) is 0 Å².